The Morgan fingerprint density at radius 3 is 2.08 bits per heavy atom. The number of halogens is 1. The van der Waals surface area contributed by atoms with Crippen LogP contribution in [0.2, 0.25) is 5.02 Å². The highest BCUT2D eigenvalue weighted by Gasteiger charge is 2.36. The minimum Gasteiger partial charge on any atom is -0.493 e. The molecule has 2 amide bonds. The molecule has 4 rings (SSSR count). The maximum Gasteiger partial charge on any atom is 0.264 e. The molecule has 0 bridgehead atoms. The number of carbonyl (C=O) groups excluding carboxylic acids is 2. The largest absolute Gasteiger partial charge is 0.493 e. The maximum absolute atomic E-state index is 14.7. The molecule has 0 aliphatic heterocycles. The average molecular weight is 692 g/mol. The van der Waals surface area contributed by atoms with E-state index in [0.717, 1.165) is 21.0 Å². The quantitative estimate of drug-likeness (QED) is 0.174. The number of hydrogen-bond donors (Lipinski definition) is 1. The Kier molecular flexibility index (Phi) is 11.8. The van der Waals surface area contributed by atoms with Crippen molar-refractivity contribution in [1.29, 1.82) is 0 Å². The lowest BCUT2D eigenvalue weighted by Gasteiger charge is -2.35. The van der Waals surface area contributed by atoms with E-state index < -0.39 is 34.1 Å². The third-order valence-corrected chi connectivity index (χ3v) is 9.56. The summed E-state index contributed by atoms with van der Waals surface area (Å²) in [6.45, 7) is 7.03. The van der Waals surface area contributed by atoms with Crippen LogP contribution in [-0.4, -0.2) is 57.5 Å². The molecule has 4 aromatic carbocycles. The van der Waals surface area contributed by atoms with Crippen LogP contribution in [0, 0.1) is 6.92 Å². The Labute approximate surface area is 288 Å². The Morgan fingerprint density at radius 1 is 0.833 bits per heavy atom. The number of ether oxygens (including phenoxy) is 2. The van der Waals surface area contributed by atoms with Crippen LogP contribution in [0.15, 0.2) is 102 Å². The van der Waals surface area contributed by atoms with E-state index in [2.05, 4.69) is 5.32 Å². The van der Waals surface area contributed by atoms with Crippen molar-refractivity contribution in [3.8, 4) is 11.5 Å². The molecule has 0 aromatic heterocycles. The van der Waals surface area contributed by atoms with Gasteiger partial charge in [0, 0.05) is 29.6 Å². The fraction of sp³-hybridized carbons (Fsp3) is 0.297. The number of sulfonamides is 1. The summed E-state index contributed by atoms with van der Waals surface area (Å²) >= 11 is 6.17. The number of methoxy groups -OCH3 is 2. The molecule has 11 heteroatoms. The molecule has 0 saturated carbocycles. The van der Waals surface area contributed by atoms with Crippen LogP contribution in [0.5, 0.6) is 11.5 Å². The first-order valence-electron chi connectivity index (χ1n) is 15.4. The number of hydrogen-bond acceptors (Lipinski definition) is 6. The summed E-state index contributed by atoms with van der Waals surface area (Å²) in [5, 5.41) is 3.44. The molecule has 9 nitrogen and oxygen atoms in total. The summed E-state index contributed by atoms with van der Waals surface area (Å²) in [6.07, 6.45) is 0.212. The van der Waals surface area contributed by atoms with E-state index in [1.807, 2.05) is 82.3 Å². The third kappa shape index (κ3) is 9.29. The zero-order valence-electron chi connectivity index (χ0n) is 28.1. The van der Waals surface area contributed by atoms with Crippen molar-refractivity contribution >= 4 is 39.1 Å². The van der Waals surface area contributed by atoms with Gasteiger partial charge in [-0.25, -0.2) is 8.42 Å². The van der Waals surface area contributed by atoms with E-state index in [0.29, 0.717) is 10.8 Å². The van der Waals surface area contributed by atoms with Gasteiger partial charge >= 0.3 is 0 Å². The molecule has 1 atom stereocenters. The molecule has 48 heavy (non-hydrogen) atoms. The fourth-order valence-electron chi connectivity index (χ4n) is 5.25. The van der Waals surface area contributed by atoms with Crippen molar-refractivity contribution in [2.24, 2.45) is 0 Å². The molecule has 0 aliphatic rings. The van der Waals surface area contributed by atoms with Crippen LogP contribution >= 0.6 is 11.6 Å². The molecule has 0 heterocycles. The van der Waals surface area contributed by atoms with Crippen molar-refractivity contribution in [3.63, 3.8) is 0 Å². The highest BCUT2D eigenvalue weighted by atomic mass is 35.5. The monoisotopic (exact) mass is 691 g/mol. The van der Waals surface area contributed by atoms with E-state index in [-0.39, 0.29) is 35.2 Å². The second-order valence-corrected chi connectivity index (χ2v) is 14.8. The minimum absolute atomic E-state index is 0.0699. The van der Waals surface area contributed by atoms with Gasteiger partial charge in [-0.2, -0.15) is 0 Å². The van der Waals surface area contributed by atoms with E-state index in [4.69, 9.17) is 21.1 Å². The zero-order valence-corrected chi connectivity index (χ0v) is 29.6. The molecule has 0 radical (unpaired) electrons. The molecule has 1 N–H and O–H groups in total. The Bertz CT molecular complexity index is 1830. The fourth-order valence-corrected chi connectivity index (χ4v) is 6.81. The topological polar surface area (TPSA) is 105 Å². The predicted molar refractivity (Wildman–Crippen MR) is 189 cm³/mol. The normalized spacial score (nSPS) is 12.1. The second kappa shape index (κ2) is 15.6. The first-order chi connectivity index (χ1) is 22.7. The van der Waals surface area contributed by atoms with Crippen molar-refractivity contribution in [3.05, 3.63) is 119 Å². The van der Waals surface area contributed by atoms with Crippen LogP contribution in [0.25, 0.3) is 0 Å². The maximum atomic E-state index is 14.7. The molecule has 0 aliphatic carbocycles. The van der Waals surface area contributed by atoms with Gasteiger partial charge < -0.3 is 19.7 Å². The van der Waals surface area contributed by atoms with Crippen LogP contribution in [-0.2, 0) is 32.6 Å². The number of anilines is 1. The van der Waals surface area contributed by atoms with Gasteiger partial charge in [-0.1, -0.05) is 71.8 Å². The lowest BCUT2D eigenvalue weighted by Crippen LogP contribution is -2.56. The molecular formula is C37H42ClN3O6S. The Hall–Kier alpha value is -4.54. The predicted octanol–water partition coefficient (Wildman–Crippen LogP) is 6.42. The van der Waals surface area contributed by atoms with Crippen LogP contribution in [0.3, 0.4) is 0 Å². The zero-order chi connectivity index (χ0) is 35.1. The van der Waals surface area contributed by atoms with Crippen molar-refractivity contribution in [2.75, 3.05) is 25.1 Å². The highest BCUT2D eigenvalue weighted by Crippen LogP contribution is 2.33. The lowest BCUT2D eigenvalue weighted by atomic mass is 10.0. The number of nitrogens with one attached hydrogen (secondary N) is 1. The second-order valence-electron chi connectivity index (χ2n) is 12.5. The van der Waals surface area contributed by atoms with Crippen molar-refractivity contribution in [2.45, 2.75) is 57.1 Å². The van der Waals surface area contributed by atoms with Crippen LogP contribution in [0.4, 0.5) is 5.69 Å². The molecule has 4 aromatic rings. The van der Waals surface area contributed by atoms with Gasteiger partial charge in [-0.05, 0) is 75.2 Å². The van der Waals surface area contributed by atoms with Gasteiger partial charge in [0.1, 0.15) is 12.6 Å². The third-order valence-electron chi connectivity index (χ3n) is 7.54. The summed E-state index contributed by atoms with van der Waals surface area (Å²) < 4.78 is 40.5. The summed E-state index contributed by atoms with van der Waals surface area (Å²) in [7, 11) is -1.50. The smallest absolute Gasteiger partial charge is 0.264 e. The van der Waals surface area contributed by atoms with Gasteiger partial charge in [0.2, 0.25) is 11.8 Å². The van der Waals surface area contributed by atoms with E-state index >= 15 is 0 Å². The standard InChI is InChI=1S/C37H42ClN3O6S/c1-26-11-10-14-28(21-26)24-40(32(36(43)39-37(2,3)4)22-27-12-8-7-9-13-27)35(42)25-41(30-17-15-29(38)16-18-30)48(44,45)31-19-20-33(46-5)34(23-31)47-6/h7-21,23,32H,22,24-25H2,1-6H3,(H,39,43)/t32-/m0/s1. The highest BCUT2D eigenvalue weighted by molar-refractivity contribution is 7.92. The summed E-state index contributed by atoms with van der Waals surface area (Å²) in [5.74, 6) is -0.360. The molecular weight excluding hydrogens is 650 g/mol. The van der Waals surface area contributed by atoms with E-state index in [9.17, 15) is 18.0 Å². The summed E-state index contributed by atoms with van der Waals surface area (Å²) in [6, 6.07) is 26.5. The van der Waals surface area contributed by atoms with Gasteiger partial charge in [0.25, 0.3) is 10.0 Å². The molecule has 0 saturated heterocycles. The number of rotatable bonds is 13. The number of amides is 2. The van der Waals surface area contributed by atoms with Gasteiger partial charge in [-0.15, -0.1) is 0 Å². The van der Waals surface area contributed by atoms with Gasteiger partial charge in [0.05, 0.1) is 24.8 Å². The number of carbonyl (C=O) groups is 2. The molecule has 254 valence electrons. The van der Waals surface area contributed by atoms with Crippen molar-refractivity contribution < 1.29 is 27.5 Å². The minimum atomic E-state index is -4.36. The van der Waals surface area contributed by atoms with Crippen molar-refractivity contribution in [1.82, 2.24) is 10.2 Å². The molecule has 0 fully saturated rings. The molecule has 0 spiro atoms. The SMILES string of the molecule is COc1ccc(S(=O)(=O)N(CC(=O)N(Cc2cccc(C)c2)[C@@H](Cc2ccccc2)C(=O)NC(C)(C)C)c2ccc(Cl)cc2)cc1OC. The van der Waals surface area contributed by atoms with Gasteiger partial charge in [0.15, 0.2) is 11.5 Å². The first-order valence-corrected chi connectivity index (χ1v) is 17.2. The number of benzene rings is 4. The Morgan fingerprint density at radius 2 is 1.48 bits per heavy atom. The number of aryl methyl sites for hydroxylation is 1. The lowest BCUT2D eigenvalue weighted by molar-refractivity contribution is -0.140. The van der Waals surface area contributed by atoms with Crippen LogP contribution in [0.1, 0.15) is 37.5 Å². The van der Waals surface area contributed by atoms with E-state index in [1.165, 1.54) is 49.5 Å². The average Bonchev–Trinajstić information content (AvgIpc) is 3.04. The van der Waals surface area contributed by atoms with E-state index in [1.54, 1.807) is 12.1 Å². The van der Waals surface area contributed by atoms with Gasteiger partial charge in [-0.3, -0.25) is 13.9 Å². The summed E-state index contributed by atoms with van der Waals surface area (Å²) in [5.41, 5.74) is 2.26. The molecule has 0 unspecified atom stereocenters. The van der Waals surface area contributed by atoms with Crippen LogP contribution < -0.4 is 19.1 Å². The first kappa shape index (κ1) is 36.3. The summed E-state index contributed by atoms with van der Waals surface area (Å²) in [4.78, 5) is 30.0. The number of nitrogens with zero attached hydrogens (tertiary/aromatic N) is 2. The Balaban J connectivity index is 1.84.